The number of rotatable bonds is 9. The molecule has 65 heavy (non-hydrogen) atoms. The summed E-state index contributed by atoms with van der Waals surface area (Å²) in [6, 6.07) is 52.6. The third kappa shape index (κ3) is 7.14. The molecule has 0 nitrogen and oxygen atoms in total. The van der Waals surface area contributed by atoms with Crippen LogP contribution in [0.2, 0.25) is 0 Å². The fraction of sp³-hybridized carbons (Fsp3) is 0.231. The molecule has 0 bridgehead atoms. The average molecular weight is 841 g/mol. The monoisotopic (exact) mass is 840 g/mol. The van der Waals surface area contributed by atoms with Gasteiger partial charge < -0.3 is 0 Å². The van der Waals surface area contributed by atoms with Crippen molar-refractivity contribution in [2.75, 3.05) is 0 Å². The van der Waals surface area contributed by atoms with Gasteiger partial charge in [0.2, 0.25) is 0 Å². The molecule has 0 aliphatic heterocycles. The van der Waals surface area contributed by atoms with Gasteiger partial charge >= 0.3 is 0 Å². The lowest BCUT2D eigenvalue weighted by molar-refractivity contribution is 0.394. The van der Waals surface area contributed by atoms with E-state index in [1.165, 1.54) is 89.0 Å². The van der Waals surface area contributed by atoms with Gasteiger partial charge in [-0.3, -0.25) is 0 Å². The highest BCUT2D eigenvalue weighted by atomic mass is 14.5. The summed E-state index contributed by atoms with van der Waals surface area (Å²) in [6.07, 6.45) is 23.8. The first-order chi connectivity index (χ1) is 31.6. The molecule has 0 radical (unpaired) electrons. The first-order valence-electron chi connectivity index (χ1n) is 24.0. The van der Waals surface area contributed by atoms with E-state index in [9.17, 15) is 0 Å². The number of benzene rings is 6. The van der Waals surface area contributed by atoms with E-state index >= 15 is 0 Å². The number of hydrogen-bond donors (Lipinski definition) is 0. The lowest BCUT2D eigenvalue weighted by atomic mass is 9.73. The molecular formula is C65H60. The third-order valence-electron chi connectivity index (χ3n) is 16.0. The van der Waals surface area contributed by atoms with Gasteiger partial charge in [-0.2, -0.15) is 0 Å². The zero-order valence-electron chi connectivity index (χ0n) is 38.7. The summed E-state index contributed by atoms with van der Waals surface area (Å²) < 4.78 is 0. The van der Waals surface area contributed by atoms with Gasteiger partial charge in [0.15, 0.2) is 0 Å². The molecule has 0 amide bonds. The van der Waals surface area contributed by atoms with Gasteiger partial charge in [0.25, 0.3) is 0 Å². The van der Waals surface area contributed by atoms with E-state index in [1.807, 2.05) is 0 Å². The fourth-order valence-electron chi connectivity index (χ4n) is 12.3. The van der Waals surface area contributed by atoms with Crippen molar-refractivity contribution in [1.29, 1.82) is 0 Å². The zero-order chi connectivity index (χ0) is 44.5. The van der Waals surface area contributed by atoms with E-state index in [2.05, 4.69) is 223 Å². The molecule has 0 N–H and O–H groups in total. The second-order valence-electron chi connectivity index (χ2n) is 20.5. The highest BCUT2D eigenvalue weighted by Gasteiger charge is 2.45. The largest absolute Gasteiger partial charge is 0.0905 e. The van der Waals surface area contributed by atoms with E-state index in [-0.39, 0.29) is 10.8 Å². The molecule has 0 spiro atoms. The first kappa shape index (κ1) is 41.2. The van der Waals surface area contributed by atoms with Crippen LogP contribution in [-0.2, 0) is 17.3 Å². The van der Waals surface area contributed by atoms with Crippen LogP contribution in [0.1, 0.15) is 109 Å². The summed E-state index contributed by atoms with van der Waals surface area (Å²) in [6.45, 7) is 16.7. The minimum absolute atomic E-state index is 0.0843. The van der Waals surface area contributed by atoms with Gasteiger partial charge in [-0.05, 0) is 163 Å². The predicted octanol–water partition coefficient (Wildman–Crippen LogP) is 16.9. The highest BCUT2D eigenvalue weighted by Crippen LogP contribution is 2.55. The Morgan fingerprint density at radius 1 is 0.677 bits per heavy atom. The molecule has 4 unspecified atom stereocenters. The minimum Gasteiger partial charge on any atom is -0.0905 e. The summed E-state index contributed by atoms with van der Waals surface area (Å²) in [5, 5.41) is 0. The van der Waals surface area contributed by atoms with Gasteiger partial charge in [0.05, 0.1) is 0 Å². The summed E-state index contributed by atoms with van der Waals surface area (Å²) in [5.41, 5.74) is 24.2. The van der Waals surface area contributed by atoms with Gasteiger partial charge in [-0.1, -0.05) is 216 Å². The van der Waals surface area contributed by atoms with Crippen LogP contribution >= 0.6 is 0 Å². The van der Waals surface area contributed by atoms with E-state index in [0.29, 0.717) is 23.7 Å². The molecule has 6 aromatic carbocycles. The van der Waals surface area contributed by atoms with Crippen LogP contribution in [0.15, 0.2) is 206 Å². The van der Waals surface area contributed by atoms with Gasteiger partial charge in [-0.15, -0.1) is 0 Å². The van der Waals surface area contributed by atoms with Crippen molar-refractivity contribution in [3.8, 4) is 22.3 Å². The lowest BCUT2D eigenvalue weighted by Gasteiger charge is -2.31. The summed E-state index contributed by atoms with van der Waals surface area (Å²) >= 11 is 0. The van der Waals surface area contributed by atoms with Crippen LogP contribution in [0.5, 0.6) is 0 Å². The van der Waals surface area contributed by atoms with Crippen LogP contribution in [0, 0.1) is 18.8 Å². The van der Waals surface area contributed by atoms with Gasteiger partial charge in [0, 0.05) is 11.3 Å². The zero-order valence-corrected chi connectivity index (χ0v) is 38.7. The molecule has 0 aromatic heterocycles. The molecule has 5 aliphatic rings. The molecular weight excluding hydrogens is 781 g/mol. The Bertz CT molecular complexity index is 3070. The van der Waals surface area contributed by atoms with E-state index < -0.39 is 0 Å². The molecule has 0 heterocycles. The van der Waals surface area contributed by atoms with Crippen LogP contribution < -0.4 is 0 Å². The number of aryl methyl sites for hydroxylation is 1. The van der Waals surface area contributed by atoms with Crippen molar-refractivity contribution in [2.45, 2.75) is 83.0 Å². The Morgan fingerprint density at radius 2 is 1.46 bits per heavy atom. The maximum Gasteiger partial charge on any atom is 0.0120 e. The number of allylic oxidation sites excluding steroid dienone is 13. The molecule has 0 heteroatoms. The standard InChI is InChI=1S/C65H60/c1-42-17-10-11-22-52(42)53-34-31-50(40-56(53)43(2)47-32-35-62-58(39-47)54-23-12-14-25-60(54)64(62,3)4)49-21-16-20-48(38-49)45-27-29-46(30-28-45)57(37-44-18-8-7-9-19-44)51-33-36-63-59(41-51)55-24-13-15-26-61(55)65(63,5)6/h7-14,16-25,27-29,31-36,38-41,46,57-58,62H,2,15,26,30,37H2,1,3-6H3. The normalized spacial score (nSPS) is 21.2. The SMILES string of the molecule is C=C(C1=CC2c3ccccc3C(C)(C)C2C=C1)c1cc(-c2cccc(C3=CCC(C(Cc4ccccc4)c4ccc5c(c4)C4=C(CCC=C4)C5(C)C)C=C3)c2)ccc1-c1ccccc1C. The summed E-state index contributed by atoms with van der Waals surface area (Å²) in [4.78, 5) is 0. The van der Waals surface area contributed by atoms with Crippen molar-refractivity contribution in [2.24, 2.45) is 11.8 Å². The quantitative estimate of drug-likeness (QED) is 0.136. The van der Waals surface area contributed by atoms with Crippen LogP contribution in [-0.4, -0.2) is 0 Å². The van der Waals surface area contributed by atoms with Crippen LogP contribution in [0.4, 0.5) is 0 Å². The van der Waals surface area contributed by atoms with Crippen molar-refractivity contribution < 1.29 is 0 Å². The fourth-order valence-corrected chi connectivity index (χ4v) is 12.3. The molecule has 0 fully saturated rings. The second-order valence-corrected chi connectivity index (χ2v) is 20.5. The molecule has 320 valence electrons. The molecule has 6 aromatic rings. The Kier molecular flexibility index (Phi) is 10.3. The van der Waals surface area contributed by atoms with Crippen molar-refractivity contribution in [3.63, 3.8) is 0 Å². The highest BCUT2D eigenvalue weighted by molar-refractivity contribution is 5.93. The van der Waals surface area contributed by atoms with Crippen molar-refractivity contribution >= 4 is 16.7 Å². The van der Waals surface area contributed by atoms with E-state index in [1.54, 1.807) is 5.57 Å². The average Bonchev–Trinajstić information content (AvgIpc) is 3.72. The van der Waals surface area contributed by atoms with Crippen LogP contribution in [0.3, 0.4) is 0 Å². The molecule has 0 saturated carbocycles. The third-order valence-corrected chi connectivity index (χ3v) is 16.0. The number of fused-ring (bicyclic) bond motifs is 5. The van der Waals surface area contributed by atoms with Crippen LogP contribution in [0.25, 0.3) is 39.0 Å². The first-order valence-corrected chi connectivity index (χ1v) is 24.0. The van der Waals surface area contributed by atoms with Crippen molar-refractivity contribution in [3.05, 3.63) is 256 Å². The molecule has 11 rings (SSSR count). The van der Waals surface area contributed by atoms with Gasteiger partial charge in [-0.25, -0.2) is 0 Å². The Hall–Kier alpha value is -6.50. The molecule has 0 saturated heterocycles. The van der Waals surface area contributed by atoms with Crippen molar-refractivity contribution in [1.82, 2.24) is 0 Å². The second kappa shape index (κ2) is 16.2. The Labute approximate surface area is 387 Å². The topological polar surface area (TPSA) is 0 Å². The van der Waals surface area contributed by atoms with E-state index in [4.69, 9.17) is 6.58 Å². The minimum atomic E-state index is 0.0843. The smallest absolute Gasteiger partial charge is 0.0120 e. The lowest BCUT2D eigenvalue weighted by Crippen LogP contribution is -2.25. The number of hydrogen-bond acceptors (Lipinski definition) is 0. The summed E-state index contributed by atoms with van der Waals surface area (Å²) in [7, 11) is 0. The molecule has 5 aliphatic carbocycles. The Morgan fingerprint density at radius 3 is 2.29 bits per heavy atom. The predicted molar refractivity (Wildman–Crippen MR) is 277 cm³/mol. The van der Waals surface area contributed by atoms with E-state index in [0.717, 1.165) is 31.3 Å². The maximum absolute atomic E-state index is 4.86. The summed E-state index contributed by atoms with van der Waals surface area (Å²) in [5.74, 6) is 1.54. The molecule has 4 atom stereocenters. The maximum atomic E-state index is 4.86. The van der Waals surface area contributed by atoms with Gasteiger partial charge in [0.1, 0.15) is 0 Å². The Balaban J connectivity index is 0.905.